The second-order valence-corrected chi connectivity index (χ2v) is 4.73. The number of esters is 1. The number of hydrogen-bond donors (Lipinski definition) is 1. The van der Waals surface area contributed by atoms with Gasteiger partial charge in [0.2, 0.25) is 0 Å². The molecule has 0 aliphatic carbocycles. The molecule has 0 spiro atoms. The molecule has 0 fully saturated rings. The third kappa shape index (κ3) is 3.09. The number of hydrogen-bond acceptors (Lipinski definition) is 5. The highest BCUT2D eigenvalue weighted by atomic mass is 16.5. The van der Waals surface area contributed by atoms with Crippen molar-refractivity contribution >= 4 is 17.3 Å². The normalized spacial score (nSPS) is 10.3. The van der Waals surface area contributed by atoms with E-state index in [-0.39, 0.29) is 6.61 Å². The van der Waals surface area contributed by atoms with Crippen LogP contribution in [0.2, 0.25) is 0 Å². The second-order valence-electron chi connectivity index (χ2n) is 4.73. The summed E-state index contributed by atoms with van der Waals surface area (Å²) in [5.74, 6) is -0.411. The molecular weight excluding hydrogens is 256 g/mol. The Morgan fingerprint density at radius 3 is 2.75 bits per heavy atom. The van der Waals surface area contributed by atoms with Gasteiger partial charge in [-0.3, -0.25) is 4.68 Å². The van der Waals surface area contributed by atoms with Crippen LogP contribution in [0.4, 0.5) is 11.4 Å². The van der Waals surface area contributed by atoms with Crippen LogP contribution >= 0.6 is 0 Å². The highest BCUT2D eigenvalue weighted by molar-refractivity contribution is 5.96. The molecule has 20 heavy (non-hydrogen) atoms. The maximum absolute atomic E-state index is 12.2. The van der Waals surface area contributed by atoms with Crippen molar-refractivity contribution in [3.8, 4) is 0 Å². The van der Waals surface area contributed by atoms with Gasteiger partial charge < -0.3 is 15.4 Å². The number of aromatic nitrogens is 2. The third-order valence-corrected chi connectivity index (χ3v) is 2.84. The lowest BCUT2D eigenvalue weighted by molar-refractivity contribution is 0.0468. The summed E-state index contributed by atoms with van der Waals surface area (Å²) in [6.45, 7) is 0.140. The average Bonchev–Trinajstić information content (AvgIpc) is 2.81. The van der Waals surface area contributed by atoms with Gasteiger partial charge in [0.25, 0.3) is 0 Å². The lowest BCUT2D eigenvalue weighted by Crippen LogP contribution is -2.16. The number of carbonyl (C=O) groups excluding carboxylic acids is 1. The number of ether oxygens (including phenoxy) is 1. The predicted molar refractivity (Wildman–Crippen MR) is 77.5 cm³/mol. The highest BCUT2D eigenvalue weighted by Gasteiger charge is 2.15. The number of nitrogens with zero attached hydrogens (tertiary/aromatic N) is 3. The SMILES string of the molecule is CN(C)c1ccc(N)cc1C(=O)OCc1ccn(C)n1. The van der Waals surface area contributed by atoms with Crippen molar-refractivity contribution in [2.75, 3.05) is 24.7 Å². The first-order valence-electron chi connectivity index (χ1n) is 6.20. The molecule has 0 amide bonds. The van der Waals surface area contributed by atoms with Gasteiger partial charge >= 0.3 is 5.97 Å². The Bertz CT molecular complexity index is 619. The maximum Gasteiger partial charge on any atom is 0.340 e. The number of aryl methyl sites for hydroxylation is 1. The topological polar surface area (TPSA) is 73.4 Å². The Balaban J connectivity index is 2.14. The minimum Gasteiger partial charge on any atom is -0.455 e. The molecule has 6 nitrogen and oxygen atoms in total. The van der Waals surface area contributed by atoms with Crippen molar-refractivity contribution in [3.63, 3.8) is 0 Å². The summed E-state index contributed by atoms with van der Waals surface area (Å²) in [6.07, 6.45) is 1.80. The van der Waals surface area contributed by atoms with Crippen LogP contribution in [-0.2, 0) is 18.4 Å². The summed E-state index contributed by atoms with van der Waals surface area (Å²) < 4.78 is 6.94. The van der Waals surface area contributed by atoms with Gasteiger partial charge in [0.1, 0.15) is 6.61 Å². The number of nitrogen functional groups attached to an aromatic ring is 1. The van der Waals surface area contributed by atoms with E-state index in [4.69, 9.17) is 10.5 Å². The number of carbonyl (C=O) groups is 1. The molecular formula is C14H18N4O2. The molecule has 0 saturated heterocycles. The molecule has 1 aromatic heterocycles. The van der Waals surface area contributed by atoms with E-state index in [1.165, 1.54) is 0 Å². The summed E-state index contributed by atoms with van der Waals surface area (Å²) >= 11 is 0. The molecule has 106 valence electrons. The Kier molecular flexibility index (Phi) is 3.93. The lowest BCUT2D eigenvalue weighted by atomic mass is 10.1. The van der Waals surface area contributed by atoms with Gasteiger partial charge in [-0.15, -0.1) is 0 Å². The minimum absolute atomic E-state index is 0.140. The van der Waals surface area contributed by atoms with E-state index in [0.29, 0.717) is 16.9 Å². The molecule has 2 rings (SSSR count). The van der Waals surface area contributed by atoms with Crippen molar-refractivity contribution in [2.24, 2.45) is 7.05 Å². The van der Waals surface area contributed by atoms with E-state index >= 15 is 0 Å². The summed E-state index contributed by atoms with van der Waals surface area (Å²) in [5, 5.41) is 4.16. The molecule has 0 aliphatic rings. The van der Waals surface area contributed by atoms with Crippen LogP contribution < -0.4 is 10.6 Å². The first-order chi connectivity index (χ1) is 9.47. The largest absolute Gasteiger partial charge is 0.455 e. The van der Waals surface area contributed by atoms with Crippen LogP contribution in [0.15, 0.2) is 30.5 Å². The van der Waals surface area contributed by atoms with Crippen molar-refractivity contribution in [1.82, 2.24) is 9.78 Å². The molecule has 1 aromatic carbocycles. The van der Waals surface area contributed by atoms with Crippen molar-refractivity contribution in [2.45, 2.75) is 6.61 Å². The molecule has 0 unspecified atom stereocenters. The molecule has 0 bridgehead atoms. The smallest absolute Gasteiger partial charge is 0.340 e. The molecule has 1 heterocycles. The monoisotopic (exact) mass is 274 g/mol. The Labute approximate surface area is 117 Å². The Morgan fingerprint density at radius 1 is 1.40 bits per heavy atom. The molecule has 0 atom stereocenters. The van der Waals surface area contributed by atoms with E-state index in [2.05, 4.69) is 5.10 Å². The van der Waals surface area contributed by atoms with Crippen molar-refractivity contribution in [3.05, 3.63) is 41.7 Å². The third-order valence-electron chi connectivity index (χ3n) is 2.84. The zero-order valence-electron chi connectivity index (χ0n) is 11.8. The molecule has 2 aromatic rings. The second kappa shape index (κ2) is 5.64. The van der Waals surface area contributed by atoms with Crippen LogP contribution in [-0.4, -0.2) is 29.8 Å². The fraction of sp³-hybridized carbons (Fsp3) is 0.286. The van der Waals surface area contributed by atoms with E-state index in [9.17, 15) is 4.79 Å². The first-order valence-corrected chi connectivity index (χ1v) is 6.20. The first kappa shape index (κ1) is 13.9. The van der Waals surface area contributed by atoms with Crippen molar-refractivity contribution in [1.29, 1.82) is 0 Å². The molecule has 6 heteroatoms. The van der Waals surface area contributed by atoms with E-state index in [1.807, 2.05) is 26.0 Å². The van der Waals surface area contributed by atoms with E-state index in [0.717, 1.165) is 5.69 Å². The number of rotatable bonds is 4. The zero-order chi connectivity index (χ0) is 14.7. The minimum atomic E-state index is -0.411. The fourth-order valence-electron chi connectivity index (χ4n) is 1.86. The molecule has 0 saturated carbocycles. The summed E-state index contributed by atoms with van der Waals surface area (Å²) in [4.78, 5) is 14.0. The average molecular weight is 274 g/mol. The number of anilines is 2. The predicted octanol–water partition coefficient (Wildman–Crippen LogP) is 1.43. The van der Waals surface area contributed by atoms with Crippen LogP contribution in [0.3, 0.4) is 0 Å². The van der Waals surface area contributed by atoms with Gasteiger partial charge in [-0.25, -0.2) is 4.79 Å². The summed E-state index contributed by atoms with van der Waals surface area (Å²) in [5.41, 5.74) is 8.19. The fourth-order valence-corrected chi connectivity index (χ4v) is 1.86. The molecule has 0 aliphatic heterocycles. The van der Waals surface area contributed by atoms with Gasteiger partial charge in [-0.05, 0) is 24.3 Å². The summed E-state index contributed by atoms with van der Waals surface area (Å²) in [6, 6.07) is 6.98. The van der Waals surface area contributed by atoms with E-state index in [1.54, 1.807) is 35.1 Å². The standard InChI is InChI=1S/C14H18N4O2/c1-17(2)13-5-4-10(15)8-12(13)14(19)20-9-11-6-7-18(3)16-11/h4-8H,9,15H2,1-3H3. The number of nitrogens with two attached hydrogens (primary N) is 1. The van der Waals surface area contributed by atoms with Crippen molar-refractivity contribution < 1.29 is 9.53 Å². The lowest BCUT2D eigenvalue weighted by Gasteiger charge is -2.17. The van der Waals surface area contributed by atoms with Gasteiger partial charge in [-0.1, -0.05) is 0 Å². The van der Waals surface area contributed by atoms with E-state index < -0.39 is 5.97 Å². The Morgan fingerprint density at radius 2 is 2.15 bits per heavy atom. The van der Waals surface area contributed by atoms with Gasteiger partial charge in [0.15, 0.2) is 0 Å². The number of benzene rings is 1. The van der Waals surface area contributed by atoms with Gasteiger partial charge in [-0.2, -0.15) is 5.10 Å². The molecule has 2 N–H and O–H groups in total. The zero-order valence-corrected chi connectivity index (χ0v) is 11.8. The highest BCUT2D eigenvalue weighted by Crippen LogP contribution is 2.22. The van der Waals surface area contributed by atoms with Crippen LogP contribution in [0, 0.1) is 0 Å². The maximum atomic E-state index is 12.2. The Hall–Kier alpha value is -2.50. The van der Waals surface area contributed by atoms with Gasteiger partial charge in [0, 0.05) is 33.0 Å². The van der Waals surface area contributed by atoms with Crippen LogP contribution in [0.1, 0.15) is 16.1 Å². The molecule has 0 radical (unpaired) electrons. The van der Waals surface area contributed by atoms with Gasteiger partial charge in [0.05, 0.1) is 16.9 Å². The quantitative estimate of drug-likeness (QED) is 0.674. The van der Waals surface area contributed by atoms with Crippen LogP contribution in [0.5, 0.6) is 0 Å². The summed E-state index contributed by atoms with van der Waals surface area (Å²) in [7, 11) is 5.54. The van der Waals surface area contributed by atoms with Crippen LogP contribution in [0.25, 0.3) is 0 Å².